The molecule has 0 unspecified atom stereocenters. The minimum absolute atomic E-state index is 0.140. The van der Waals surface area contributed by atoms with Gasteiger partial charge in [0.25, 0.3) is 0 Å². The molecule has 0 aromatic carbocycles. The maximum absolute atomic E-state index is 5.36. The average Bonchev–Trinajstić information content (AvgIpc) is 3.15. The minimum Gasteiger partial charge on any atom is -0.340 e. The van der Waals surface area contributed by atoms with E-state index in [2.05, 4.69) is 46.4 Å². The van der Waals surface area contributed by atoms with Crippen molar-refractivity contribution in [3.8, 4) is 0 Å². The lowest BCUT2D eigenvalue weighted by Crippen LogP contribution is -2.44. The van der Waals surface area contributed by atoms with Crippen LogP contribution in [-0.4, -0.2) is 20.3 Å². The fourth-order valence-corrected chi connectivity index (χ4v) is 3.01. The Morgan fingerprint density at radius 1 is 1.04 bits per heavy atom. The Bertz CT molecular complexity index is 649. The van der Waals surface area contributed by atoms with Crippen LogP contribution in [0.1, 0.15) is 76.3 Å². The van der Waals surface area contributed by atoms with E-state index in [9.17, 15) is 0 Å². The Balaban J connectivity index is 1.76. The first-order valence-electron chi connectivity index (χ1n) is 8.28. The summed E-state index contributed by atoms with van der Waals surface area (Å²) in [7, 11) is 0. The van der Waals surface area contributed by atoms with Crippen molar-refractivity contribution in [1.29, 1.82) is 0 Å². The van der Waals surface area contributed by atoms with Crippen molar-refractivity contribution < 1.29 is 9.05 Å². The smallest absolute Gasteiger partial charge is 0.232 e. The zero-order chi connectivity index (χ0) is 16.5. The van der Waals surface area contributed by atoms with Crippen molar-refractivity contribution in [2.75, 3.05) is 0 Å². The van der Waals surface area contributed by atoms with E-state index in [0.29, 0.717) is 24.2 Å². The topological polar surface area (TPSA) is 89.9 Å². The molecular weight excluding hydrogens is 294 g/mol. The molecule has 0 saturated heterocycles. The van der Waals surface area contributed by atoms with Crippen molar-refractivity contribution in [2.45, 2.75) is 77.3 Å². The summed E-state index contributed by atoms with van der Waals surface area (Å²) < 4.78 is 10.6. The molecule has 1 N–H and O–H groups in total. The van der Waals surface area contributed by atoms with Gasteiger partial charge in [0, 0.05) is 12.3 Å². The number of aromatic nitrogens is 4. The van der Waals surface area contributed by atoms with Crippen LogP contribution in [0, 0.1) is 6.92 Å². The standard InChI is InChI=1S/C16H25N5O2/c1-11-18-13(21-22-11)16(8-6-5-7-9-16)17-10-12-19-14(23-20-12)15(2,3)4/h17H,5-10H2,1-4H3. The Hall–Kier alpha value is -1.76. The number of aryl methyl sites for hydroxylation is 1. The second-order valence-electron chi connectivity index (χ2n) is 7.40. The monoisotopic (exact) mass is 319 g/mol. The highest BCUT2D eigenvalue weighted by Crippen LogP contribution is 2.35. The van der Waals surface area contributed by atoms with Crippen LogP contribution in [0.3, 0.4) is 0 Å². The second-order valence-corrected chi connectivity index (χ2v) is 7.40. The van der Waals surface area contributed by atoms with E-state index in [-0.39, 0.29) is 11.0 Å². The maximum Gasteiger partial charge on any atom is 0.232 e. The molecule has 1 aliphatic carbocycles. The number of rotatable bonds is 4. The van der Waals surface area contributed by atoms with Gasteiger partial charge in [-0.2, -0.15) is 9.97 Å². The number of nitrogens with zero attached hydrogens (tertiary/aromatic N) is 4. The first-order valence-corrected chi connectivity index (χ1v) is 8.28. The highest BCUT2D eigenvalue weighted by Gasteiger charge is 2.38. The van der Waals surface area contributed by atoms with E-state index < -0.39 is 0 Å². The van der Waals surface area contributed by atoms with Gasteiger partial charge >= 0.3 is 0 Å². The Morgan fingerprint density at radius 3 is 2.35 bits per heavy atom. The van der Waals surface area contributed by atoms with Crippen LogP contribution in [0.2, 0.25) is 0 Å². The zero-order valence-electron chi connectivity index (χ0n) is 14.3. The molecule has 0 radical (unpaired) electrons. The summed E-state index contributed by atoms with van der Waals surface area (Å²) in [6.45, 7) is 8.53. The first-order chi connectivity index (χ1) is 10.9. The van der Waals surface area contributed by atoms with Gasteiger partial charge in [0.1, 0.15) is 0 Å². The molecule has 1 aliphatic rings. The van der Waals surface area contributed by atoms with Gasteiger partial charge in [-0.25, -0.2) is 0 Å². The Labute approximate surface area is 136 Å². The van der Waals surface area contributed by atoms with Gasteiger partial charge in [-0.15, -0.1) is 0 Å². The molecule has 1 fully saturated rings. The molecule has 2 heterocycles. The molecule has 0 atom stereocenters. The third kappa shape index (κ3) is 3.44. The van der Waals surface area contributed by atoms with Gasteiger partial charge in [-0.3, -0.25) is 5.32 Å². The molecule has 0 amide bonds. The van der Waals surface area contributed by atoms with E-state index in [0.717, 1.165) is 31.5 Å². The number of hydrogen-bond acceptors (Lipinski definition) is 7. The zero-order valence-corrected chi connectivity index (χ0v) is 14.3. The quantitative estimate of drug-likeness (QED) is 0.926. The van der Waals surface area contributed by atoms with Gasteiger partial charge < -0.3 is 9.05 Å². The van der Waals surface area contributed by atoms with Crippen LogP contribution < -0.4 is 5.32 Å². The molecule has 2 aromatic heterocycles. The lowest BCUT2D eigenvalue weighted by Gasteiger charge is -2.35. The summed E-state index contributed by atoms with van der Waals surface area (Å²) in [4.78, 5) is 8.95. The molecule has 0 spiro atoms. The lowest BCUT2D eigenvalue weighted by molar-refractivity contribution is 0.208. The van der Waals surface area contributed by atoms with Crippen LogP contribution in [0.4, 0.5) is 0 Å². The molecule has 23 heavy (non-hydrogen) atoms. The molecular formula is C16H25N5O2. The number of nitrogens with one attached hydrogen (secondary N) is 1. The molecule has 1 saturated carbocycles. The van der Waals surface area contributed by atoms with Crippen LogP contribution in [-0.2, 0) is 17.5 Å². The van der Waals surface area contributed by atoms with Gasteiger partial charge in [0.2, 0.25) is 11.8 Å². The van der Waals surface area contributed by atoms with E-state index >= 15 is 0 Å². The van der Waals surface area contributed by atoms with Crippen molar-refractivity contribution >= 4 is 0 Å². The Morgan fingerprint density at radius 2 is 1.78 bits per heavy atom. The van der Waals surface area contributed by atoms with Crippen LogP contribution in [0.15, 0.2) is 9.05 Å². The lowest BCUT2D eigenvalue weighted by atomic mass is 9.81. The van der Waals surface area contributed by atoms with Crippen molar-refractivity contribution in [3.63, 3.8) is 0 Å². The third-order valence-electron chi connectivity index (χ3n) is 4.36. The van der Waals surface area contributed by atoms with Gasteiger partial charge in [0.05, 0.1) is 12.1 Å². The van der Waals surface area contributed by atoms with Gasteiger partial charge in [-0.1, -0.05) is 50.3 Å². The molecule has 0 aliphatic heterocycles. The second kappa shape index (κ2) is 6.03. The molecule has 0 bridgehead atoms. The summed E-state index contributed by atoms with van der Waals surface area (Å²) >= 11 is 0. The molecule has 2 aromatic rings. The number of hydrogen-bond donors (Lipinski definition) is 1. The summed E-state index contributed by atoms with van der Waals surface area (Å²) in [6.07, 6.45) is 5.54. The fraction of sp³-hybridized carbons (Fsp3) is 0.750. The van der Waals surface area contributed by atoms with E-state index in [1.165, 1.54) is 6.42 Å². The van der Waals surface area contributed by atoms with E-state index in [4.69, 9.17) is 9.05 Å². The molecule has 7 heteroatoms. The fourth-order valence-electron chi connectivity index (χ4n) is 3.01. The summed E-state index contributed by atoms with van der Waals surface area (Å²) in [6, 6.07) is 0. The normalized spacial score (nSPS) is 18.3. The van der Waals surface area contributed by atoms with Crippen LogP contribution in [0.25, 0.3) is 0 Å². The molecule has 126 valence electrons. The summed E-state index contributed by atoms with van der Waals surface area (Å²) in [5.41, 5.74) is -0.392. The van der Waals surface area contributed by atoms with Crippen LogP contribution >= 0.6 is 0 Å². The van der Waals surface area contributed by atoms with Crippen LogP contribution in [0.5, 0.6) is 0 Å². The predicted molar refractivity (Wildman–Crippen MR) is 83.6 cm³/mol. The molecule has 7 nitrogen and oxygen atoms in total. The SMILES string of the molecule is Cc1nc(C2(NCc3noc(C(C)(C)C)n3)CCCCC2)no1. The first kappa shape index (κ1) is 16.1. The highest BCUT2D eigenvalue weighted by molar-refractivity contribution is 5.08. The Kier molecular flexibility index (Phi) is 4.23. The minimum atomic E-state index is -0.251. The van der Waals surface area contributed by atoms with E-state index in [1.54, 1.807) is 0 Å². The average molecular weight is 319 g/mol. The van der Waals surface area contributed by atoms with Crippen molar-refractivity contribution in [2.24, 2.45) is 0 Å². The van der Waals surface area contributed by atoms with E-state index in [1.807, 2.05) is 6.92 Å². The predicted octanol–water partition coefficient (Wildman–Crippen LogP) is 3.01. The summed E-state index contributed by atoms with van der Waals surface area (Å²) in [5, 5.41) is 11.8. The van der Waals surface area contributed by atoms with Crippen molar-refractivity contribution in [1.82, 2.24) is 25.6 Å². The van der Waals surface area contributed by atoms with Gasteiger partial charge in [-0.05, 0) is 12.8 Å². The highest BCUT2D eigenvalue weighted by atomic mass is 16.5. The third-order valence-corrected chi connectivity index (χ3v) is 4.36. The van der Waals surface area contributed by atoms with Crippen molar-refractivity contribution in [3.05, 3.63) is 23.4 Å². The largest absolute Gasteiger partial charge is 0.340 e. The summed E-state index contributed by atoms with van der Waals surface area (Å²) in [5.74, 6) is 2.66. The maximum atomic E-state index is 5.36. The molecule has 3 rings (SSSR count). The van der Waals surface area contributed by atoms with Gasteiger partial charge in [0.15, 0.2) is 11.6 Å².